The highest BCUT2D eigenvalue weighted by Gasteiger charge is 2.30. The first kappa shape index (κ1) is 16.1. The van der Waals surface area contributed by atoms with Crippen molar-refractivity contribution in [2.45, 2.75) is 39.0 Å². The molecule has 0 saturated carbocycles. The van der Waals surface area contributed by atoms with Crippen molar-refractivity contribution in [1.29, 1.82) is 0 Å². The van der Waals surface area contributed by atoms with Crippen molar-refractivity contribution in [3.63, 3.8) is 0 Å². The minimum absolute atomic E-state index is 0.0134. The Morgan fingerprint density at radius 3 is 2.76 bits per heavy atom. The molecule has 2 amide bonds. The summed E-state index contributed by atoms with van der Waals surface area (Å²) in [6.07, 6.45) is 3.72. The van der Waals surface area contributed by atoms with E-state index in [0.717, 1.165) is 39.0 Å². The lowest BCUT2D eigenvalue weighted by Gasteiger charge is -2.34. The Morgan fingerprint density at radius 1 is 1.38 bits per heavy atom. The molecular formula is C15H26N2O4. The lowest BCUT2D eigenvalue weighted by molar-refractivity contribution is -0.137. The van der Waals surface area contributed by atoms with Gasteiger partial charge in [0.05, 0.1) is 0 Å². The monoisotopic (exact) mass is 298 g/mol. The molecule has 2 saturated heterocycles. The number of aliphatic carboxylic acids is 1. The summed E-state index contributed by atoms with van der Waals surface area (Å²) in [5.74, 6) is -0.434. The van der Waals surface area contributed by atoms with Gasteiger partial charge in [0.1, 0.15) is 0 Å². The van der Waals surface area contributed by atoms with Crippen molar-refractivity contribution < 1.29 is 19.4 Å². The summed E-state index contributed by atoms with van der Waals surface area (Å²) in [5, 5.41) is 11.7. The van der Waals surface area contributed by atoms with E-state index in [2.05, 4.69) is 12.2 Å². The number of amides is 2. The summed E-state index contributed by atoms with van der Waals surface area (Å²) in [6, 6.07) is -0.0134. The van der Waals surface area contributed by atoms with E-state index in [9.17, 15) is 9.59 Å². The van der Waals surface area contributed by atoms with Gasteiger partial charge in [0.2, 0.25) is 0 Å². The number of carbonyl (C=O) groups excluding carboxylic acids is 1. The van der Waals surface area contributed by atoms with Crippen LogP contribution < -0.4 is 5.32 Å². The highest BCUT2D eigenvalue weighted by atomic mass is 16.5. The zero-order valence-electron chi connectivity index (χ0n) is 12.8. The number of urea groups is 1. The maximum atomic E-state index is 12.2. The average molecular weight is 298 g/mol. The van der Waals surface area contributed by atoms with Crippen molar-refractivity contribution in [2.24, 2.45) is 11.3 Å². The Morgan fingerprint density at radius 2 is 2.10 bits per heavy atom. The summed E-state index contributed by atoms with van der Waals surface area (Å²) in [4.78, 5) is 24.6. The zero-order chi connectivity index (χ0) is 15.3. The fourth-order valence-electron chi connectivity index (χ4n) is 3.02. The minimum atomic E-state index is -0.759. The van der Waals surface area contributed by atoms with Crippen molar-refractivity contribution in [3.8, 4) is 0 Å². The number of ether oxygens (including phenoxy) is 1. The SMILES string of the molecule is CC1(CNC(=O)N2CCC(CCC(=O)O)C2)CCOCC1. The van der Waals surface area contributed by atoms with Gasteiger partial charge in [-0.05, 0) is 37.0 Å². The molecule has 0 aromatic heterocycles. The highest BCUT2D eigenvalue weighted by Crippen LogP contribution is 2.29. The second-order valence-corrected chi connectivity index (χ2v) is 6.61. The van der Waals surface area contributed by atoms with Gasteiger partial charge in [0.25, 0.3) is 0 Å². The number of hydrogen-bond acceptors (Lipinski definition) is 3. The van der Waals surface area contributed by atoms with Gasteiger partial charge in [-0.15, -0.1) is 0 Å². The Labute approximate surface area is 125 Å². The zero-order valence-corrected chi connectivity index (χ0v) is 12.8. The maximum Gasteiger partial charge on any atom is 0.317 e. The number of carbonyl (C=O) groups is 2. The second kappa shape index (κ2) is 7.11. The highest BCUT2D eigenvalue weighted by molar-refractivity contribution is 5.74. The number of nitrogens with one attached hydrogen (secondary N) is 1. The Hall–Kier alpha value is -1.30. The molecule has 0 aromatic carbocycles. The lowest BCUT2D eigenvalue weighted by Crippen LogP contribution is -2.44. The number of nitrogens with zero attached hydrogens (tertiary/aromatic N) is 1. The summed E-state index contributed by atoms with van der Waals surface area (Å²) in [5.41, 5.74) is 0.135. The van der Waals surface area contributed by atoms with E-state index in [4.69, 9.17) is 9.84 Å². The summed E-state index contributed by atoms with van der Waals surface area (Å²) in [6.45, 7) is 5.83. The number of hydrogen-bond donors (Lipinski definition) is 2. The van der Waals surface area contributed by atoms with Crippen LogP contribution in [0.5, 0.6) is 0 Å². The Kier molecular flexibility index (Phi) is 5.45. The fourth-order valence-corrected chi connectivity index (χ4v) is 3.02. The fraction of sp³-hybridized carbons (Fsp3) is 0.867. The molecule has 0 bridgehead atoms. The number of rotatable bonds is 5. The molecule has 2 heterocycles. The molecule has 21 heavy (non-hydrogen) atoms. The van der Waals surface area contributed by atoms with E-state index < -0.39 is 5.97 Å². The first-order valence-electron chi connectivity index (χ1n) is 7.81. The molecule has 1 atom stereocenters. The predicted molar refractivity (Wildman–Crippen MR) is 78.1 cm³/mol. The Bertz CT molecular complexity index is 380. The van der Waals surface area contributed by atoms with Crippen LogP contribution in [0.1, 0.15) is 39.0 Å². The van der Waals surface area contributed by atoms with E-state index in [1.165, 1.54) is 0 Å². The summed E-state index contributed by atoms with van der Waals surface area (Å²) >= 11 is 0. The third-order valence-electron chi connectivity index (χ3n) is 4.71. The molecular weight excluding hydrogens is 272 g/mol. The van der Waals surface area contributed by atoms with Gasteiger partial charge in [0, 0.05) is 39.3 Å². The molecule has 2 fully saturated rings. The molecule has 2 aliphatic heterocycles. The molecule has 0 aliphatic carbocycles. The van der Waals surface area contributed by atoms with Crippen molar-refractivity contribution in [2.75, 3.05) is 32.8 Å². The standard InChI is InChI=1S/C15H26N2O4/c1-15(5-8-21-9-6-15)11-16-14(20)17-7-4-12(10-17)2-3-13(18)19/h12H,2-11H2,1H3,(H,16,20)(H,18,19). The van der Waals surface area contributed by atoms with Crippen LogP contribution in [-0.2, 0) is 9.53 Å². The van der Waals surface area contributed by atoms with Crippen LogP contribution in [0.25, 0.3) is 0 Å². The van der Waals surface area contributed by atoms with Gasteiger partial charge in [-0.2, -0.15) is 0 Å². The van der Waals surface area contributed by atoms with Gasteiger partial charge in [-0.1, -0.05) is 6.92 Å². The van der Waals surface area contributed by atoms with E-state index in [1.807, 2.05) is 4.90 Å². The minimum Gasteiger partial charge on any atom is -0.481 e. The van der Waals surface area contributed by atoms with Gasteiger partial charge >= 0.3 is 12.0 Å². The molecule has 0 spiro atoms. The third-order valence-corrected chi connectivity index (χ3v) is 4.71. The van der Waals surface area contributed by atoms with Crippen molar-refractivity contribution in [1.82, 2.24) is 10.2 Å². The van der Waals surface area contributed by atoms with Crippen LogP contribution >= 0.6 is 0 Å². The molecule has 2 aliphatic rings. The van der Waals surface area contributed by atoms with Gasteiger partial charge in [-0.3, -0.25) is 4.79 Å². The predicted octanol–water partition coefficient (Wildman–Crippen LogP) is 1.70. The topological polar surface area (TPSA) is 78.9 Å². The molecule has 0 aromatic rings. The normalized spacial score (nSPS) is 24.8. The van der Waals surface area contributed by atoms with E-state index in [0.29, 0.717) is 25.4 Å². The molecule has 6 nitrogen and oxygen atoms in total. The quantitative estimate of drug-likeness (QED) is 0.809. The van der Waals surface area contributed by atoms with E-state index >= 15 is 0 Å². The van der Waals surface area contributed by atoms with Gasteiger partial charge in [-0.25, -0.2) is 4.79 Å². The number of carboxylic acid groups (broad SMARTS) is 1. The lowest BCUT2D eigenvalue weighted by atomic mass is 9.82. The second-order valence-electron chi connectivity index (χ2n) is 6.61. The van der Waals surface area contributed by atoms with Crippen LogP contribution in [0.15, 0.2) is 0 Å². The van der Waals surface area contributed by atoms with Crippen LogP contribution in [0.4, 0.5) is 4.79 Å². The number of carboxylic acids is 1. The summed E-state index contributed by atoms with van der Waals surface area (Å²) < 4.78 is 5.36. The largest absolute Gasteiger partial charge is 0.481 e. The van der Waals surface area contributed by atoms with Crippen LogP contribution in [0.2, 0.25) is 0 Å². The van der Waals surface area contributed by atoms with E-state index in [-0.39, 0.29) is 17.9 Å². The third kappa shape index (κ3) is 4.88. The molecule has 2 rings (SSSR count). The average Bonchev–Trinajstić information content (AvgIpc) is 2.92. The first-order valence-corrected chi connectivity index (χ1v) is 7.81. The molecule has 6 heteroatoms. The number of likely N-dealkylation sites (tertiary alicyclic amines) is 1. The van der Waals surface area contributed by atoms with Crippen LogP contribution in [0, 0.1) is 11.3 Å². The molecule has 0 radical (unpaired) electrons. The smallest absolute Gasteiger partial charge is 0.317 e. The summed E-state index contributed by atoms with van der Waals surface area (Å²) in [7, 11) is 0. The molecule has 1 unspecified atom stereocenters. The maximum absolute atomic E-state index is 12.2. The van der Waals surface area contributed by atoms with Gasteiger partial charge in [0.15, 0.2) is 0 Å². The molecule has 2 N–H and O–H groups in total. The van der Waals surface area contributed by atoms with Crippen molar-refractivity contribution in [3.05, 3.63) is 0 Å². The first-order chi connectivity index (χ1) is 9.98. The van der Waals surface area contributed by atoms with Crippen LogP contribution in [-0.4, -0.2) is 54.9 Å². The Balaban J connectivity index is 1.70. The van der Waals surface area contributed by atoms with Crippen molar-refractivity contribution >= 4 is 12.0 Å². The van der Waals surface area contributed by atoms with Crippen LogP contribution in [0.3, 0.4) is 0 Å². The molecule has 120 valence electrons. The van der Waals surface area contributed by atoms with Gasteiger partial charge < -0.3 is 20.1 Å². The van der Waals surface area contributed by atoms with E-state index in [1.54, 1.807) is 0 Å².